The van der Waals surface area contributed by atoms with Gasteiger partial charge in [-0.15, -0.1) is 0 Å². The van der Waals surface area contributed by atoms with Crippen molar-refractivity contribution < 1.29 is 22.7 Å². The van der Waals surface area contributed by atoms with Crippen LogP contribution in [0.3, 0.4) is 0 Å². The first-order chi connectivity index (χ1) is 20.5. The molecule has 43 heavy (non-hydrogen) atoms. The number of hydrogen-bond donors (Lipinski definition) is 1. The highest BCUT2D eigenvalue weighted by molar-refractivity contribution is 5.98. The molecule has 0 unspecified atom stereocenters. The molecule has 5 rings (SSSR count). The summed E-state index contributed by atoms with van der Waals surface area (Å²) < 4.78 is 49.0. The van der Waals surface area contributed by atoms with Crippen molar-refractivity contribution in [2.75, 3.05) is 25.5 Å². The number of piperidine rings is 1. The molecule has 0 atom stereocenters. The van der Waals surface area contributed by atoms with Gasteiger partial charge in [0.25, 0.3) is 0 Å². The summed E-state index contributed by atoms with van der Waals surface area (Å²) in [5.41, 5.74) is 3.06. The van der Waals surface area contributed by atoms with Gasteiger partial charge in [-0.2, -0.15) is 23.0 Å². The second-order valence-electron chi connectivity index (χ2n) is 11.0. The summed E-state index contributed by atoms with van der Waals surface area (Å²) in [5, 5.41) is 7.97. The lowest BCUT2D eigenvalue weighted by molar-refractivity contribution is -0.137. The molecule has 1 aliphatic rings. The Morgan fingerprint density at radius 1 is 1.05 bits per heavy atom. The van der Waals surface area contributed by atoms with Gasteiger partial charge in [0, 0.05) is 48.6 Å². The van der Waals surface area contributed by atoms with Crippen LogP contribution in [0.15, 0.2) is 54.9 Å². The van der Waals surface area contributed by atoms with E-state index in [1.54, 1.807) is 4.68 Å². The first kappa shape index (κ1) is 30.2. The Labute approximate surface area is 248 Å². The minimum absolute atomic E-state index is 0.0305. The Kier molecular flexibility index (Phi) is 8.82. The van der Waals surface area contributed by atoms with Gasteiger partial charge in [0.15, 0.2) is 11.6 Å². The standard InChI is InChI=1S/C32H35F3N6O2/c1-5-25-18-30(37-19-36-25)41-31(12-21(3)39-41)38-28-13-22(7-6-20(28)2)14-29(42)23-15-24(32(33,34)35)17-27(16-23)43-26-8-10-40(4)11-9-26/h6-7,12-13,15-19,26,38H,5,8-11,14H2,1-4H3. The molecule has 226 valence electrons. The van der Waals surface area contributed by atoms with Crippen LogP contribution >= 0.6 is 0 Å². The number of anilines is 2. The highest BCUT2D eigenvalue weighted by Gasteiger charge is 2.32. The number of halogens is 3. The molecule has 11 heteroatoms. The lowest BCUT2D eigenvalue weighted by Gasteiger charge is -2.29. The van der Waals surface area contributed by atoms with Gasteiger partial charge in [0.1, 0.15) is 24.0 Å². The van der Waals surface area contributed by atoms with Gasteiger partial charge in [0.05, 0.1) is 11.3 Å². The molecule has 1 saturated heterocycles. The predicted octanol–water partition coefficient (Wildman–Crippen LogP) is 6.50. The maximum atomic E-state index is 13.8. The third kappa shape index (κ3) is 7.40. The fraction of sp³-hybridized carbons (Fsp3) is 0.375. The predicted molar refractivity (Wildman–Crippen MR) is 158 cm³/mol. The van der Waals surface area contributed by atoms with Crippen molar-refractivity contribution in [1.82, 2.24) is 24.6 Å². The third-order valence-electron chi connectivity index (χ3n) is 7.57. The molecule has 2 aromatic carbocycles. The second-order valence-corrected chi connectivity index (χ2v) is 11.0. The van der Waals surface area contributed by atoms with Crippen LogP contribution in [0.5, 0.6) is 5.75 Å². The molecule has 1 fully saturated rings. The van der Waals surface area contributed by atoms with E-state index >= 15 is 0 Å². The molecule has 0 amide bonds. The number of ketones is 1. The Bertz CT molecular complexity index is 1610. The van der Waals surface area contributed by atoms with Gasteiger partial charge in [0.2, 0.25) is 0 Å². The Balaban J connectivity index is 1.38. The summed E-state index contributed by atoms with van der Waals surface area (Å²) in [5.74, 6) is 0.939. The molecule has 0 bridgehead atoms. The van der Waals surface area contributed by atoms with Crippen molar-refractivity contribution >= 4 is 17.3 Å². The van der Waals surface area contributed by atoms with Gasteiger partial charge in [-0.3, -0.25) is 4.79 Å². The number of nitrogens with one attached hydrogen (secondary N) is 1. The number of likely N-dealkylation sites (tertiary alicyclic amines) is 1. The first-order valence-corrected chi connectivity index (χ1v) is 14.3. The number of Topliss-reactive ketones (excluding diaryl/α,β-unsaturated/α-hetero) is 1. The van der Waals surface area contributed by atoms with Crippen molar-refractivity contribution in [3.05, 3.63) is 88.5 Å². The number of alkyl halides is 3. The molecule has 0 saturated carbocycles. The average molecular weight is 593 g/mol. The minimum Gasteiger partial charge on any atom is -0.490 e. The van der Waals surface area contributed by atoms with E-state index in [0.717, 1.165) is 54.3 Å². The normalized spacial score (nSPS) is 14.6. The van der Waals surface area contributed by atoms with Gasteiger partial charge in [-0.1, -0.05) is 19.1 Å². The molecule has 3 heterocycles. The maximum absolute atomic E-state index is 13.8. The van der Waals surface area contributed by atoms with E-state index in [1.807, 2.05) is 58.2 Å². The average Bonchev–Trinajstić information content (AvgIpc) is 3.35. The summed E-state index contributed by atoms with van der Waals surface area (Å²) in [6, 6.07) is 12.6. The summed E-state index contributed by atoms with van der Waals surface area (Å²) in [4.78, 5) is 24.1. The van der Waals surface area contributed by atoms with Crippen LogP contribution in [0.4, 0.5) is 24.7 Å². The molecule has 0 spiro atoms. The number of hydrogen-bond acceptors (Lipinski definition) is 7. The summed E-state index contributed by atoms with van der Waals surface area (Å²) in [7, 11) is 2.00. The van der Waals surface area contributed by atoms with Gasteiger partial charge >= 0.3 is 6.18 Å². The molecule has 1 N–H and O–H groups in total. The van der Waals surface area contributed by atoms with E-state index in [0.29, 0.717) is 30.0 Å². The Hall–Kier alpha value is -4.25. The van der Waals surface area contributed by atoms with Crippen molar-refractivity contribution in [2.24, 2.45) is 0 Å². The van der Waals surface area contributed by atoms with Gasteiger partial charge in [-0.25, -0.2) is 9.97 Å². The highest BCUT2D eigenvalue weighted by Crippen LogP contribution is 2.34. The lowest BCUT2D eigenvalue weighted by Crippen LogP contribution is -2.35. The zero-order valence-corrected chi connectivity index (χ0v) is 24.7. The van der Waals surface area contributed by atoms with Crippen LogP contribution in [-0.2, 0) is 19.0 Å². The van der Waals surface area contributed by atoms with Crippen LogP contribution in [-0.4, -0.2) is 56.7 Å². The molecule has 8 nitrogen and oxygen atoms in total. The Morgan fingerprint density at radius 2 is 1.81 bits per heavy atom. The molecular weight excluding hydrogens is 557 g/mol. The van der Waals surface area contributed by atoms with Crippen LogP contribution in [0.2, 0.25) is 0 Å². The number of carbonyl (C=O) groups is 1. The fourth-order valence-corrected chi connectivity index (χ4v) is 5.08. The van der Waals surface area contributed by atoms with Crippen LogP contribution < -0.4 is 10.1 Å². The molecule has 0 radical (unpaired) electrons. The van der Waals surface area contributed by atoms with Crippen molar-refractivity contribution in [2.45, 2.75) is 58.7 Å². The number of ether oxygens (including phenoxy) is 1. The van der Waals surface area contributed by atoms with Gasteiger partial charge < -0.3 is 15.0 Å². The first-order valence-electron chi connectivity index (χ1n) is 14.3. The topological polar surface area (TPSA) is 85.2 Å². The van der Waals surface area contributed by atoms with Crippen LogP contribution in [0.1, 0.15) is 58.2 Å². The lowest BCUT2D eigenvalue weighted by atomic mass is 9.99. The fourth-order valence-electron chi connectivity index (χ4n) is 5.08. The number of rotatable bonds is 9. The van der Waals surface area contributed by atoms with Gasteiger partial charge in [-0.05, 0) is 75.5 Å². The summed E-state index contributed by atoms with van der Waals surface area (Å²) >= 11 is 0. The van der Waals surface area contributed by atoms with E-state index in [-0.39, 0.29) is 23.8 Å². The summed E-state index contributed by atoms with van der Waals surface area (Å²) in [6.45, 7) is 7.43. The largest absolute Gasteiger partial charge is 0.490 e. The number of aromatic nitrogens is 4. The zero-order valence-electron chi connectivity index (χ0n) is 24.7. The second kappa shape index (κ2) is 12.5. The number of benzene rings is 2. The zero-order chi connectivity index (χ0) is 30.7. The number of nitrogens with zero attached hydrogens (tertiary/aromatic N) is 5. The van der Waals surface area contributed by atoms with E-state index in [9.17, 15) is 18.0 Å². The van der Waals surface area contributed by atoms with Crippen molar-refractivity contribution in [3.8, 4) is 11.6 Å². The Morgan fingerprint density at radius 3 is 2.53 bits per heavy atom. The van der Waals surface area contributed by atoms with Crippen LogP contribution in [0, 0.1) is 13.8 Å². The molecule has 1 aliphatic heterocycles. The van der Waals surface area contributed by atoms with Crippen LogP contribution in [0.25, 0.3) is 5.82 Å². The quantitative estimate of drug-likeness (QED) is 0.222. The molecule has 2 aromatic heterocycles. The van der Waals surface area contributed by atoms with Crippen molar-refractivity contribution in [3.63, 3.8) is 0 Å². The molecular formula is C32H35F3N6O2. The molecule has 4 aromatic rings. The SMILES string of the molecule is CCc1cc(-n2nc(C)cc2Nc2cc(CC(=O)c3cc(OC4CCN(C)CC4)cc(C(F)(F)F)c3)ccc2C)ncn1. The third-order valence-corrected chi connectivity index (χ3v) is 7.57. The summed E-state index contributed by atoms with van der Waals surface area (Å²) in [6.07, 6.45) is -1.19. The smallest absolute Gasteiger partial charge is 0.416 e. The van der Waals surface area contributed by atoms with E-state index in [4.69, 9.17) is 4.74 Å². The highest BCUT2D eigenvalue weighted by atomic mass is 19.4. The number of aryl methyl sites for hydroxylation is 3. The van der Waals surface area contributed by atoms with E-state index in [2.05, 4.69) is 25.3 Å². The molecule has 0 aliphatic carbocycles. The minimum atomic E-state index is -4.61. The monoisotopic (exact) mass is 592 g/mol. The van der Waals surface area contributed by atoms with E-state index in [1.165, 1.54) is 12.4 Å². The number of carbonyl (C=O) groups excluding carboxylic acids is 1. The van der Waals surface area contributed by atoms with E-state index < -0.39 is 17.5 Å². The maximum Gasteiger partial charge on any atom is 0.416 e. The van der Waals surface area contributed by atoms with Crippen molar-refractivity contribution in [1.29, 1.82) is 0 Å².